The summed E-state index contributed by atoms with van der Waals surface area (Å²) in [5.74, 6) is 0.170. The van der Waals surface area contributed by atoms with Gasteiger partial charge in [0, 0.05) is 5.57 Å². The lowest BCUT2D eigenvalue weighted by molar-refractivity contribution is -0.141. The number of carbonyl (C=O) groups is 1. The summed E-state index contributed by atoms with van der Waals surface area (Å²) in [6, 6.07) is 0. The minimum absolute atomic E-state index is 0.118. The molecule has 0 saturated heterocycles. The maximum absolute atomic E-state index is 11.1. The van der Waals surface area contributed by atoms with Gasteiger partial charge in [-0.1, -0.05) is 13.8 Å². The first-order chi connectivity index (χ1) is 5.63. The van der Waals surface area contributed by atoms with Crippen molar-refractivity contribution in [1.82, 2.24) is 0 Å². The molecule has 1 heterocycles. The van der Waals surface area contributed by atoms with Crippen LogP contribution in [0, 0.1) is 5.92 Å². The second-order valence-corrected chi connectivity index (χ2v) is 3.42. The number of hydrogen-bond donors (Lipinski definition) is 1. The molecule has 0 aromatic heterocycles. The van der Waals surface area contributed by atoms with E-state index in [0.717, 1.165) is 6.42 Å². The van der Waals surface area contributed by atoms with Crippen molar-refractivity contribution >= 4 is 5.97 Å². The molecule has 0 amide bonds. The van der Waals surface area contributed by atoms with Crippen molar-refractivity contribution < 1.29 is 14.6 Å². The minimum Gasteiger partial charge on any atom is -0.452 e. The minimum atomic E-state index is -0.411. The van der Waals surface area contributed by atoms with Gasteiger partial charge in [0.25, 0.3) is 0 Å². The van der Waals surface area contributed by atoms with Crippen LogP contribution in [0.15, 0.2) is 11.6 Å². The first-order valence-corrected chi connectivity index (χ1v) is 4.16. The zero-order chi connectivity index (χ0) is 9.14. The molecular weight excluding hydrogens is 156 g/mol. The largest absolute Gasteiger partial charge is 0.452 e. The molecule has 0 radical (unpaired) electrons. The molecule has 68 valence electrons. The van der Waals surface area contributed by atoms with E-state index in [-0.39, 0.29) is 12.6 Å². The van der Waals surface area contributed by atoms with Gasteiger partial charge in [-0.3, -0.25) is 0 Å². The monoisotopic (exact) mass is 170 g/mol. The van der Waals surface area contributed by atoms with Crippen molar-refractivity contribution in [1.29, 1.82) is 0 Å². The Morgan fingerprint density at radius 1 is 1.67 bits per heavy atom. The Labute approximate surface area is 72.0 Å². The molecule has 0 unspecified atom stereocenters. The molecule has 1 aliphatic rings. The fraction of sp³-hybridized carbons (Fsp3) is 0.667. The second-order valence-electron chi connectivity index (χ2n) is 3.42. The van der Waals surface area contributed by atoms with E-state index in [1.54, 1.807) is 6.08 Å². The fourth-order valence-corrected chi connectivity index (χ4v) is 1.22. The van der Waals surface area contributed by atoms with E-state index < -0.39 is 6.10 Å². The number of esters is 1. The van der Waals surface area contributed by atoms with Crippen molar-refractivity contribution in [3.05, 3.63) is 11.6 Å². The first kappa shape index (κ1) is 9.26. The number of cyclic esters (lactones) is 1. The Hall–Kier alpha value is -0.830. The van der Waals surface area contributed by atoms with Gasteiger partial charge in [0.05, 0.1) is 6.61 Å². The fourth-order valence-electron chi connectivity index (χ4n) is 1.22. The van der Waals surface area contributed by atoms with E-state index in [4.69, 9.17) is 9.84 Å². The number of hydrogen-bond acceptors (Lipinski definition) is 3. The highest BCUT2D eigenvalue weighted by Gasteiger charge is 2.24. The summed E-state index contributed by atoms with van der Waals surface area (Å²) >= 11 is 0. The van der Waals surface area contributed by atoms with Crippen molar-refractivity contribution in [2.45, 2.75) is 26.4 Å². The lowest BCUT2D eigenvalue weighted by Gasteiger charge is -2.02. The van der Waals surface area contributed by atoms with Crippen LogP contribution >= 0.6 is 0 Å². The topological polar surface area (TPSA) is 46.5 Å². The molecule has 12 heavy (non-hydrogen) atoms. The summed E-state index contributed by atoms with van der Waals surface area (Å²) in [7, 11) is 0. The van der Waals surface area contributed by atoms with Crippen molar-refractivity contribution in [2.24, 2.45) is 5.92 Å². The molecule has 1 aliphatic heterocycles. The zero-order valence-electron chi connectivity index (χ0n) is 7.41. The Balaban J connectivity index is 2.57. The van der Waals surface area contributed by atoms with E-state index in [0.29, 0.717) is 11.5 Å². The van der Waals surface area contributed by atoms with E-state index in [1.165, 1.54) is 0 Å². The Morgan fingerprint density at radius 3 is 2.75 bits per heavy atom. The predicted molar refractivity (Wildman–Crippen MR) is 44.5 cm³/mol. The lowest BCUT2D eigenvalue weighted by atomic mass is 10.0. The molecule has 0 saturated carbocycles. The van der Waals surface area contributed by atoms with Crippen LogP contribution in [-0.2, 0) is 9.53 Å². The summed E-state index contributed by atoms with van der Waals surface area (Å²) in [6.07, 6.45) is 2.03. The van der Waals surface area contributed by atoms with Gasteiger partial charge in [-0.25, -0.2) is 4.79 Å². The van der Waals surface area contributed by atoms with Crippen molar-refractivity contribution in [3.63, 3.8) is 0 Å². The third-order valence-electron chi connectivity index (χ3n) is 1.72. The number of ether oxygens (including phenoxy) is 1. The summed E-state index contributed by atoms with van der Waals surface area (Å²) in [5.41, 5.74) is 0.698. The van der Waals surface area contributed by atoms with Crippen LogP contribution in [0.5, 0.6) is 0 Å². The average molecular weight is 170 g/mol. The van der Waals surface area contributed by atoms with Crippen molar-refractivity contribution in [2.75, 3.05) is 6.61 Å². The van der Waals surface area contributed by atoms with Crippen LogP contribution in [0.2, 0.25) is 0 Å². The van der Waals surface area contributed by atoms with Crippen LogP contribution in [0.1, 0.15) is 20.3 Å². The molecule has 1 atom stereocenters. The molecular formula is C9H14O3. The zero-order valence-corrected chi connectivity index (χ0v) is 7.41. The van der Waals surface area contributed by atoms with Gasteiger partial charge in [-0.15, -0.1) is 0 Å². The Kier molecular flexibility index (Phi) is 2.87. The summed E-state index contributed by atoms with van der Waals surface area (Å²) in [6.45, 7) is 3.97. The van der Waals surface area contributed by atoms with Crippen LogP contribution in [0.4, 0.5) is 0 Å². The normalized spacial score (nSPS) is 22.8. The number of rotatable bonds is 3. The predicted octanol–water partition coefficient (Wildman–Crippen LogP) is 0.877. The number of aliphatic hydroxyl groups is 1. The molecule has 1 N–H and O–H groups in total. The van der Waals surface area contributed by atoms with E-state index in [1.807, 2.05) is 13.8 Å². The van der Waals surface area contributed by atoms with Gasteiger partial charge in [0.1, 0.15) is 6.10 Å². The molecule has 0 aromatic rings. The lowest BCUT2D eigenvalue weighted by Crippen LogP contribution is -2.12. The highest BCUT2D eigenvalue weighted by atomic mass is 16.6. The van der Waals surface area contributed by atoms with E-state index in [2.05, 4.69) is 0 Å². The van der Waals surface area contributed by atoms with Gasteiger partial charge in [-0.2, -0.15) is 0 Å². The second kappa shape index (κ2) is 3.72. The third kappa shape index (κ3) is 2.08. The third-order valence-corrected chi connectivity index (χ3v) is 1.72. The SMILES string of the molecule is CC(C)CC1=C[C@H](CO)OC1=O. The van der Waals surface area contributed by atoms with Crippen LogP contribution in [0.3, 0.4) is 0 Å². The molecule has 0 aromatic carbocycles. The molecule has 0 spiro atoms. The maximum Gasteiger partial charge on any atom is 0.334 e. The van der Waals surface area contributed by atoms with Crippen LogP contribution < -0.4 is 0 Å². The van der Waals surface area contributed by atoms with Gasteiger partial charge in [-0.05, 0) is 18.4 Å². The van der Waals surface area contributed by atoms with E-state index in [9.17, 15) is 4.79 Å². The summed E-state index contributed by atoms with van der Waals surface area (Å²) in [4.78, 5) is 11.1. The van der Waals surface area contributed by atoms with Gasteiger partial charge in [0.15, 0.2) is 0 Å². The smallest absolute Gasteiger partial charge is 0.334 e. The highest BCUT2D eigenvalue weighted by molar-refractivity contribution is 5.90. The number of carbonyl (C=O) groups excluding carboxylic acids is 1. The summed E-state index contributed by atoms with van der Waals surface area (Å²) in [5, 5.41) is 8.71. The quantitative estimate of drug-likeness (QED) is 0.639. The molecule has 0 fully saturated rings. The molecule has 0 aliphatic carbocycles. The molecule has 3 nitrogen and oxygen atoms in total. The van der Waals surface area contributed by atoms with Gasteiger partial charge >= 0.3 is 5.97 Å². The molecule has 1 rings (SSSR count). The van der Waals surface area contributed by atoms with Crippen LogP contribution in [0.25, 0.3) is 0 Å². The Morgan fingerprint density at radius 2 is 2.33 bits per heavy atom. The van der Waals surface area contributed by atoms with Crippen molar-refractivity contribution in [3.8, 4) is 0 Å². The maximum atomic E-state index is 11.1. The first-order valence-electron chi connectivity index (χ1n) is 4.16. The summed E-state index contributed by atoms with van der Waals surface area (Å²) < 4.78 is 4.84. The van der Waals surface area contributed by atoms with Gasteiger partial charge in [0.2, 0.25) is 0 Å². The molecule has 3 heteroatoms. The molecule has 0 bridgehead atoms. The average Bonchev–Trinajstić information content (AvgIpc) is 2.31. The highest BCUT2D eigenvalue weighted by Crippen LogP contribution is 2.20. The Bertz CT molecular complexity index is 206. The van der Waals surface area contributed by atoms with Crippen LogP contribution in [-0.4, -0.2) is 23.8 Å². The van der Waals surface area contributed by atoms with E-state index >= 15 is 0 Å². The number of aliphatic hydroxyl groups excluding tert-OH is 1. The standard InChI is InChI=1S/C9H14O3/c1-6(2)3-7-4-8(5-10)12-9(7)11/h4,6,8,10H,3,5H2,1-2H3/t8-/m1/s1. The van der Waals surface area contributed by atoms with Gasteiger partial charge < -0.3 is 9.84 Å².